The van der Waals surface area contributed by atoms with E-state index >= 15 is 0 Å². The first kappa shape index (κ1) is 13.3. The van der Waals surface area contributed by atoms with Crippen LogP contribution in [0.5, 0.6) is 5.75 Å². The molecule has 0 spiro atoms. The van der Waals surface area contributed by atoms with Gasteiger partial charge in [-0.15, -0.1) is 0 Å². The van der Waals surface area contributed by atoms with Crippen LogP contribution in [0.25, 0.3) is 0 Å². The lowest BCUT2D eigenvalue weighted by molar-refractivity contribution is 0.0658. The number of benzene rings is 1. The highest BCUT2D eigenvalue weighted by Gasteiger charge is 2.32. The Morgan fingerprint density at radius 2 is 2.11 bits per heavy atom. The van der Waals surface area contributed by atoms with E-state index in [0.717, 1.165) is 12.1 Å². The number of rotatable bonds is 1. The van der Waals surface area contributed by atoms with Crippen LogP contribution in [0.1, 0.15) is 30.1 Å². The Bertz CT molecular complexity index is 543. The van der Waals surface area contributed by atoms with Crippen molar-refractivity contribution in [3.05, 3.63) is 29.6 Å². The lowest BCUT2D eigenvalue weighted by Gasteiger charge is -2.35. The summed E-state index contributed by atoms with van der Waals surface area (Å²) >= 11 is 0. The maximum Gasteiger partial charge on any atom is 0.257 e. The number of phenols is 1. The van der Waals surface area contributed by atoms with Crippen molar-refractivity contribution in [1.29, 1.82) is 5.26 Å². The smallest absolute Gasteiger partial charge is 0.257 e. The second-order valence-electron chi connectivity index (χ2n) is 5.13. The van der Waals surface area contributed by atoms with E-state index in [9.17, 15) is 14.3 Å². The molecule has 1 aliphatic rings. The first-order chi connectivity index (χ1) is 8.95. The predicted octanol–water partition coefficient (Wildman–Crippen LogP) is 2.30. The fraction of sp³-hybridized carbons (Fsp3) is 0.429. The summed E-state index contributed by atoms with van der Waals surface area (Å²) in [6, 6.07) is 5.62. The van der Waals surface area contributed by atoms with Crippen molar-refractivity contribution in [3.8, 4) is 11.8 Å². The van der Waals surface area contributed by atoms with Gasteiger partial charge in [0, 0.05) is 19.2 Å². The molecule has 1 heterocycles. The van der Waals surface area contributed by atoms with Crippen LogP contribution in [0.15, 0.2) is 18.2 Å². The van der Waals surface area contributed by atoms with Gasteiger partial charge in [0.15, 0.2) is 0 Å². The van der Waals surface area contributed by atoms with Crippen molar-refractivity contribution in [1.82, 2.24) is 4.90 Å². The first-order valence-corrected chi connectivity index (χ1v) is 6.14. The van der Waals surface area contributed by atoms with Crippen molar-refractivity contribution >= 4 is 5.91 Å². The molecule has 1 amide bonds. The summed E-state index contributed by atoms with van der Waals surface area (Å²) in [5, 5.41) is 18.6. The topological polar surface area (TPSA) is 64.3 Å². The van der Waals surface area contributed by atoms with Crippen molar-refractivity contribution in [2.24, 2.45) is 5.41 Å². The third-order valence-corrected chi connectivity index (χ3v) is 3.61. The van der Waals surface area contributed by atoms with E-state index in [-0.39, 0.29) is 22.6 Å². The van der Waals surface area contributed by atoms with Gasteiger partial charge in [-0.25, -0.2) is 4.39 Å². The fourth-order valence-corrected chi connectivity index (χ4v) is 2.17. The quantitative estimate of drug-likeness (QED) is 0.844. The van der Waals surface area contributed by atoms with Crippen molar-refractivity contribution in [3.63, 3.8) is 0 Å². The highest BCUT2D eigenvalue weighted by atomic mass is 19.1. The predicted molar refractivity (Wildman–Crippen MR) is 66.9 cm³/mol. The van der Waals surface area contributed by atoms with Gasteiger partial charge in [-0.3, -0.25) is 4.79 Å². The number of aromatic hydroxyl groups is 1. The third kappa shape index (κ3) is 2.68. The molecule has 0 bridgehead atoms. The van der Waals surface area contributed by atoms with Crippen LogP contribution in [0.2, 0.25) is 0 Å². The van der Waals surface area contributed by atoms with E-state index in [1.165, 1.54) is 6.07 Å². The van der Waals surface area contributed by atoms with Gasteiger partial charge < -0.3 is 10.0 Å². The number of hydrogen-bond donors (Lipinski definition) is 1. The van der Waals surface area contributed by atoms with Crippen LogP contribution < -0.4 is 0 Å². The average molecular weight is 262 g/mol. The van der Waals surface area contributed by atoms with E-state index in [1.807, 2.05) is 6.92 Å². The van der Waals surface area contributed by atoms with Crippen LogP contribution in [0.4, 0.5) is 4.39 Å². The zero-order valence-electron chi connectivity index (χ0n) is 10.7. The minimum absolute atomic E-state index is 0.0990. The second kappa shape index (κ2) is 4.88. The number of nitrogens with zero attached hydrogens (tertiary/aromatic N) is 2. The number of hydrogen-bond acceptors (Lipinski definition) is 3. The number of piperidine rings is 1. The lowest BCUT2D eigenvalue weighted by Crippen LogP contribution is -2.41. The molecule has 1 N–H and O–H groups in total. The van der Waals surface area contributed by atoms with Crippen LogP contribution >= 0.6 is 0 Å². The number of halogens is 1. The Hall–Kier alpha value is -2.09. The highest BCUT2D eigenvalue weighted by molar-refractivity contribution is 5.96. The van der Waals surface area contributed by atoms with Gasteiger partial charge in [-0.1, -0.05) is 0 Å². The van der Waals surface area contributed by atoms with Crippen molar-refractivity contribution in [2.45, 2.75) is 19.8 Å². The number of phenolic OH excluding ortho intramolecular Hbond substituents is 1. The summed E-state index contributed by atoms with van der Waals surface area (Å²) in [6.45, 7) is 2.82. The summed E-state index contributed by atoms with van der Waals surface area (Å²) in [7, 11) is 0. The minimum atomic E-state index is -0.579. The zero-order chi connectivity index (χ0) is 14.0. The van der Waals surface area contributed by atoms with E-state index in [0.29, 0.717) is 25.9 Å². The molecule has 5 heteroatoms. The molecule has 0 aliphatic carbocycles. The normalized spacial score (nSPS) is 17.8. The maximum absolute atomic E-state index is 12.9. The molecule has 0 radical (unpaired) electrons. The van der Waals surface area contributed by atoms with Gasteiger partial charge in [0.1, 0.15) is 11.6 Å². The second-order valence-corrected chi connectivity index (χ2v) is 5.13. The van der Waals surface area contributed by atoms with E-state index in [1.54, 1.807) is 4.90 Å². The molecule has 2 rings (SSSR count). The Balaban J connectivity index is 2.12. The Kier molecular flexibility index (Phi) is 3.43. The standard InChI is InChI=1S/C14H15FN2O2/c1-14(9-16)4-6-17(7-5-14)13(19)11-3-2-10(15)8-12(11)18/h2-3,8,18H,4-7H2,1H3. The van der Waals surface area contributed by atoms with Crippen LogP contribution in [-0.4, -0.2) is 29.0 Å². The largest absolute Gasteiger partial charge is 0.507 e. The highest BCUT2D eigenvalue weighted by Crippen LogP contribution is 2.31. The Labute approximate surface area is 111 Å². The summed E-state index contributed by atoms with van der Waals surface area (Å²) in [6.07, 6.45) is 1.22. The zero-order valence-corrected chi connectivity index (χ0v) is 10.7. The van der Waals surface area contributed by atoms with E-state index in [4.69, 9.17) is 5.26 Å². The molecule has 0 atom stereocenters. The molecule has 0 aromatic heterocycles. The number of nitriles is 1. The molecule has 100 valence electrons. The monoisotopic (exact) mass is 262 g/mol. The van der Waals surface area contributed by atoms with E-state index in [2.05, 4.69) is 6.07 Å². The summed E-state index contributed by atoms with van der Waals surface area (Å²) in [5.41, 5.74) is -0.288. The van der Waals surface area contributed by atoms with Gasteiger partial charge in [0.25, 0.3) is 5.91 Å². The van der Waals surface area contributed by atoms with Gasteiger partial charge in [-0.2, -0.15) is 5.26 Å². The van der Waals surface area contributed by atoms with Gasteiger partial charge >= 0.3 is 0 Å². The number of carbonyl (C=O) groups is 1. The molecule has 0 saturated carbocycles. The maximum atomic E-state index is 12.9. The fourth-order valence-electron chi connectivity index (χ4n) is 2.17. The lowest BCUT2D eigenvalue weighted by atomic mass is 9.82. The Morgan fingerprint density at radius 1 is 1.47 bits per heavy atom. The molecule has 1 aromatic rings. The average Bonchev–Trinajstić information content (AvgIpc) is 2.39. The van der Waals surface area contributed by atoms with Gasteiger partial charge in [-0.05, 0) is 31.9 Å². The molecule has 4 nitrogen and oxygen atoms in total. The number of amides is 1. The molecular formula is C14H15FN2O2. The van der Waals surface area contributed by atoms with E-state index < -0.39 is 5.82 Å². The van der Waals surface area contributed by atoms with Crippen LogP contribution in [0.3, 0.4) is 0 Å². The summed E-state index contributed by atoms with van der Waals surface area (Å²) in [5.74, 6) is -1.25. The molecular weight excluding hydrogens is 247 g/mol. The van der Waals surface area contributed by atoms with Crippen molar-refractivity contribution < 1.29 is 14.3 Å². The van der Waals surface area contributed by atoms with Crippen LogP contribution in [-0.2, 0) is 0 Å². The van der Waals surface area contributed by atoms with Gasteiger partial charge in [0.05, 0.1) is 17.0 Å². The first-order valence-electron chi connectivity index (χ1n) is 6.14. The molecule has 1 aliphatic heterocycles. The summed E-state index contributed by atoms with van der Waals surface area (Å²) in [4.78, 5) is 13.8. The Morgan fingerprint density at radius 3 is 2.63 bits per heavy atom. The molecule has 0 unspecified atom stereocenters. The molecule has 1 saturated heterocycles. The molecule has 1 fully saturated rings. The molecule has 19 heavy (non-hydrogen) atoms. The molecule has 1 aromatic carbocycles. The number of carbonyl (C=O) groups excluding carboxylic acids is 1. The van der Waals surface area contributed by atoms with Crippen molar-refractivity contribution in [2.75, 3.05) is 13.1 Å². The SMILES string of the molecule is CC1(C#N)CCN(C(=O)c2ccc(F)cc2O)CC1. The van der Waals surface area contributed by atoms with Crippen LogP contribution in [0, 0.1) is 22.6 Å². The minimum Gasteiger partial charge on any atom is -0.507 e. The van der Waals surface area contributed by atoms with Gasteiger partial charge in [0.2, 0.25) is 0 Å². The number of likely N-dealkylation sites (tertiary alicyclic amines) is 1. The third-order valence-electron chi connectivity index (χ3n) is 3.61. The summed E-state index contributed by atoms with van der Waals surface area (Å²) < 4.78 is 12.9.